The highest BCUT2D eigenvalue weighted by molar-refractivity contribution is 5.78. The first-order chi connectivity index (χ1) is 14.0. The quantitative estimate of drug-likeness (QED) is 0.506. The number of anilines is 3. The van der Waals surface area contributed by atoms with E-state index in [1.165, 1.54) is 6.07 Å². The van der Waals surface area contributed by atoms with E-state index in [1.54, 1.807) is 18.3 Å². The van der Waals surface area contributed by atoms with Crippen molar-refractivity contribution in [1.82, 2.24) is 20.5 Å². The van der Waals surface area contributed by atoms with Gasteiger partial charge in [-0.25, -0.2) is 13.8 Å². The van der Waals surface area contributed by atoms with Gasteiger partial charge < -0.3 is 16.0 Å². The number of rotatable bonds is 8. The third kappa shape index (κ3) is 6.20. The van der Waals surface area contributed by atoms with E-state index in [1.807, 2.05) is 19.1 Å². The molecule has 0 aliphatic rings. The average molecular weight is 398 g/mol. The Morgan fingerprint density at radius 2 is 1.76 bits per heavy atom. The number of halogens is 2. The molecule has 0 unspecified atom stereocenters. The van der Waals surface area contributed by atoms with Gasteiger partial charge in [0, 0.05) is 25.4 Å². The van der Waals surface area contributed by atoms with Crippen molar-refractivity contribution >= 4 is 23.4 Å². The summed E-state index contributed by atoms with van der Waals surface area (Å²) < 4.78 is 26.4. The molecule has 0 saturated heterocycles. The zero-order chi connectivity index (χ0) is 20.6. The van der Waals surface area contributed by atoms with Gasteiger partial charge in [-0.1, -0.05) is 6.07 Å². The van der Waals surface area contributed by atoms with Crippen LogP contribution in [0.25, 0.3) is 0 Å². The van der Waals surface area contributed by atoms with Gasteiger partial charge in [0.25, 0.3) is 0 Å². The van der Waals surface area contributed by atoms with Crippen LogP contribution in [-0.4, -0.2) is 34.2 Å². The maximum atomic E-state index is 13.6. The molecule has 0 radical (unpaired) electrons. The second kappa shape index (κ2) is 9.54. The van der Waals surface area contributed by atoms with E-state index in [4.69, 9.17) is 0 Å². The van der Waals surface area contributed by atoms with E-state index in [9.17, 15) is 13.6 Å². The molecule has 0 spiro atoms. The van der Waals surface area contributed by atoms with Crippen LogP contribution in [0.5, 0.6) is 0 Å². The second-order valence-electron chi connectivity index (χ2n) is 6.34. The number of aromatic nitrogens is 3. The summed E-state index contributed by atoms with van der Waals surface area (Å²) in [6.45, 7) is 2.70. The fourth-order valence-electron chi connectivity index (χ4n) is 2.52. The first kappa shape index (κ1) is 20.1. The van der Waals surface area contributed by atoms with Crippen LogP contribution in [0.2, 0.25) is 0 Å². The van der Waals surface area contributed by atoms with Crippen molar-refractivity contribution in [3.63, 3.8) is 0 Å². The Kier molecular flexibility index (Phi) is 6.62. The first-order valence-electron chi connectivity index (χ1n) is 8.97. The van der Waals surface area contributed by atoms with Gasteiger partial charge in [0.2, 0.25) is 5.91 Å². The van der Waals surface area contributed by atoms with Crippen molar-refractivity contribution in [2.75, 3.05) is 23.7 Å². The molecule has 3 N–H and O–H groups in total. The SMILES string of the molecule is Cc1ccnc(Nc2ccc(NCCNC(=O)Cc3ccc(F)cc3F)nn2)c1. The minimum Gasteiger partial charge on any atom is -0.367 e. The molecule has 3 aromatic rings. The molecule has 0 fully saturated rings. The fourth-order valence-corrected chi connectivity index (χ4v) is 2.52. The predicted octanol–water partition coefficient (Wildman–Crippen LogP) is 2.97. The fraction of sp³-hybridized carbons (Fsp3) is 0.200. The monoisotopic (exact) mass is 398 g/mol. The molecule has 0 aliphatic heterocycles. The number of benzene rings is 1. The highest BCUT2D eigenvalue weighted by Crippen LogP contribution is 2.13. The van der Waals surface area contributed by atoms with Crippen molar-refractivity contribution in [2.45, 2.75) is 13.3 Å². The highest BCUT2D eigenvalue weighted by atomic mass is 19.1. The summed E-state index contributed by atoms with van der Waals surface area (Å²) >= 11 is 0. The Bertz CT molecular complexity index is 981. The van der Waals surface area contributed by atoms with E-state index in [2.05, 4.69) is 31.1 Å². The molecule has 0 aliphatic carbocycles. The van der Waals surface area contributed by atoms with Gasteiger partial charge in [-0.2, -0.15) is 0 Å². The second-order valence-corrected chi connectivity index (χ2v) is 6.34. The van der Waals surface area contributed by atoms with Crippen molar-refractivity contribution in [3.8, 4) is 0 Å². The standard InChI is InChI=1S/C20H20F2N6O/c1-13-6-7-23-19(10-13)26-18-5-4-17(27-28-18)24-8-9-25-20(29)11-14-2-3-15(21)12-16(14)22/h2-7,10,12H,8-9,11H2,1H3,(H,24,27)(H,25,29)(H,23,26,28). The van der Waals surface area contributed by atoms with E-state index in [0.29, 0.717) is 30.5 Å². The van der Waals surface area contributed by atoms with Crippen LogP contribution in [-0.2, 0) is 11.2 Å². The maximum Gasteiger partial charge on any atom is 0.224 e. The largest absolute Gasteiger partial charge is 0.367 e. The molecular formula is C20H20F2N6O. The predicted molar refractivity (Wildman–Crippen MR) is 106 cm³/mol. The number of aryl methyl sites for hydroxylation is 1. The molecule has 150 valence electrons. The number of hydrogen-bond acceptors (Lipinski definition) is 6. The van der Waals surface area contributed by atoms with E-state index in [-0.39, 0.29) is 17.9 Å². The molecule has 1 amide bonds. The molecule has 1 aromatic carbocycles. The van der Waals surface area contributed by atoms with Crippen LogP contribution in [0.3, 0.4) is 0 Å². The van der Waals surface area contributed by atoms with Crippen LogP contribution in [0.15, 0.2) is 48.7 Å². The number of pyridine rings is 1. The van der Waals surface area contributed by atoms with Crippen molar-refractivity contribution in [2.24, 2.45) is 0 Å². The Labute approximate surface area is 166 Å². The van der Waals surface area contributed by atoms with Crippen LogP contribution in [0.4, 0.5) is 26.2 Å². The zero-order valence-electron chi connectivity index (χ0n) is 15.7. The van der Waals surface area contributed by atoms with Crippen molar-refractivity contribution in [1.29, 1.82) is 0 Å². The average Bonchev–Trinajstić information content (AvgIpc) is 2.69. The number of nitrogens with zero attached hydrogens (tertiary/aromatic N) is 3. The number of nitrogens with one attached hydrogen (secondary N) is 3. The summed E-state index contributed by atoms with van der Waals surface area (Å²) in [6, 6.07) is 10.5. The topological polar surface area (TPSA) is 91.8 Å². The summed E-state index contributed by atoms with van der Waals surface area (Å²) in [6.07, 6.45) is 1.55. The van der Waals surface area contributed by atoms with Crippen molar-refractivity contribution < 1.29 is 13.6 Å². The Morgan fingerprint density at radius 3 is 2.48 bits per heavy atom. The van der Waals surface area contributed by atoms with Gasteiger partial charge in [-0.15, -0.1) is 10.2 Å². The lowest BCUT2D eigenvalue weighted by Crippen LogP contribution is -2.30. The molecular weight excluding hydrogens is 378 g/mol. The molecule has 7 nitrogen and oxygen atoms in total. The highest BCUT2D eigenvalue weighted by Gasteiger charge is 2.09. The molecule has 0 saturated carbocycles. The maximum absolute atomic E-state index is 13.6. The normalized spacial score (nSPS) is 10.4. The van der Waals surface area contributed by atoms with Crippen LogP contribution in [0, 0.1) is 18.6 Å². The lowest BCUT2D eigenvalue weighted by molar-refractivity contribution is -0.120. The van der Waals surface area contributed by atoms with Crippen LogP contribution < -0.4 is 16.0 Å². The van der Waals surface area contributed by atoms with Crippen molar-refractivity contribution in [3.05, 3.63) is 71.4 Å². The molecule has 0 bridgehead atoms. The summed E-state index contributed by atoms with van der Waals surface area (Å²) in [4.78, 5) is 16.1. The van der Waals surface area contributed by atoms with Gasteiger partial charge in [-0.3, -0.25) is 4.79 Å². The molecule has 0 atom stereocenters. The van der Waals surface area contributed by atoms with E-state index < -0.39 is 11.6 Å². The number of amides is 1. The van der Waals surface area contributed by atoms with Gasteiger partial charge in [-0.05, 0) is 48.4 Å². The molecule has 2 aromatic heterocycles. The molecule has 9 heteroatoms. The third-order valence-electron chi connectivity index (χ3n) is 3.96. The number of carbonyl (C=O) groups excluding carboxylic acids is 1. The smallest absolute Gasteiger partial charge is 0.224 e. The van der Waals surface area contributed by atoms with E-state index in [0.717, 1.165) is 17.7 Å². The Hall–Kier alpha value is -3.62. The molecule has 3 rings (SSSR count). The van der Waals surface area contributed by atoms with Gasteiger partial charge in [0.05, 0.1) is 6.42 Å². The third-order valence-corrected chi connectivity index (χ3v) is 3.96. The minimum absolute atomic E-state index is 0.147. The van der Waals surface area contributed by atoms with Crippen LogP contribution >= 0.6 is 0 Å². The van der Waals surface area contributed by atoms with Gasteiger partial charge in [0.15, 0.2) is 5.82 Å². The lowest BCUT2D eigenvalue weighted by Gasteiger charge is -2.09. The first-order valence-corrected chi connectivity index (χ1v) is 8.97. The van der Waals surface area contributed by atoms with Gasteiger partial charge in [0.1, 0.15) is 23.3 Å². The molecule has 2 heterocycles. The van der Waals surface area contributed by atoms with Crippen LogP contribution in [0.1, 0.15) is 11.1 Å². The zero-order valence-corrected chi connectivity index (χ0v) is 15.7. The minimum atomic E-state index is -0.733. The summed E-state index contributed by atoms with van der Waals surface area (Å²) in [5.41, 5.74) is 1.23. The van der Waals surface area contributed by atoms with Gasteiger partial charge >= 0.3 is 0 Å². The lowest BCUT2D eigenvalue weighted by atomic mass is 10.1. The number of carbonyl (C=O) groups is 1. The molecule has 29 heavy (non-hydrogen) atoms. The summed E-state index contributed by atoms with van der Waals surface area (Å²) in [5.74, 6) is 0.0280. The Balaban J connectivity index is 1.40. The summed E-state index contributed by atoms with van der Waals surface area (Å²) in [7, 11) is 0. The van der Waals surface area contributed by atoms with E-state index >= 15 is 0 Å². The number of hydrogen-bond donors (Lipinski definition) is 3. The summed E-state index contributed by atoms with van der Waals surface area (Å²) in [5, 5.41) is 16.9. The Morgan fingerprint density at radius 1 is 0.966 bits per heavy atom.